The average molecular weight is 384 g/mol. The highest BCUT2D eigenvalue weighted by molar-refractivity contribution is 6.30. The predicted molar refractivity (Wildman–Crippen MR) is 106 cm³/mol. The fraction of sp³-hybridized carbons (Fsp3) is 0.150. The molecule has 0 aliphatic carbocycles. The maximum absolute atomic E-state index is 12.7. The smallest absolute Gasteiger partial charge is 0.259 e. The van der Waals surface area contributed by atoms with Crippen molar-refractivity contribution >= 4 is 39.9 Å². The number of rotatable bonds is 5. The minimum Gasteiger partial charge on any atom is -0.368 e. The number of halogens is 1. The molecule has 1 heterocycles. The number of anilines is 1. The van der Waals surface area contributed by atoms with Crippen LogP contribution in [0.15, 0.2) is 59.5 Å². The normalized spacial score (nSPS) is 11.9. The topological polar surface area (TPSA) is 94.2 Å². The van der Waals surface area contributed by atoms with Gasteiger partial charge >= 0.3 is 0 Å². The van der Waals surface area contributed by atoms with Crippen LogP contribution in [0.3, 0.4) is 0 Å². The molecule has 0 saturated heterocycles. The number of nitrogens with zero attached hydrogens (tertiary/aromatic N) is 1. The van der Waals surface area contributed by atoms with Gasteiger partial charge in [-0.15, -0.1) is 0 Å². The van der Waals surface area contributed by atoms with Gasteiger partial charge in [0.15, 0.2) is 0 Å². The highest BCUT2D eigenvalue weighted by Gasteiger charge is 2.15. The summed E-state index contributed by atoms with van der Waals surface area (Å²) in [4.78, 5) is 36.4. The Balaban J connectivity index is 1.90. The summed E-state index contributed by atoms with van der Waals surface area (Å²) in [6.45, 7) is 1.56. The van der Waals surface area contributed by atoms with Gasteiger partial charge in [-0.3, -0.25) is 14.4 Å². The summed E-state index contributed by atoms with van der Waals surface area (Å²) in [6, 6.07) is 13.0. The molecule has 0 unspecified atom stereocenters. The molecule has 0 radical (unpaired) electrons. The minimum atomic E-state index is -0.759. The molecule has 138 valence electrons. The number of amides is 2. The minimum absolute atomic E-state index is 0.184. The van der Waals surface area contributed by atoms with Crippen LogP contribution in [-0.4, -0.2) is 16.4 Å². The number of pyridine rings is 1. The van der Waals surface area contributed by atoms with Gasteiger partial charge < -0.3 is 15.6 Å². The second-order valence-electron chi connectivity index (χ2n) is 6.22. The Morgan fingerprint density at radius 1 is 1.11 bits per heavy atom. The van der Waals surface area contributed by atoms with Gasteiger partial charge in [0.1, 0.15) is 6.04 Å². The van der Waals surface area contributed by atoms with E-state index in [2.05, 4.69) is 5.32 Å². The number of nitrogens with one attached hydrogen (secondary N) is 1. The third-order valence-electron chi connectivity index (χ3n) is 4.35. The Hall–Kier alpha value is -3.12. The van der Waals surface area contributed by atoms with Crippen molar-refractivity contribution in [2.24, 2.45) is 5.73 Å². The van der Waals surface area contributed by atoms with E-state index in [1.54, 1.807) is 55.5 Å². The zero-order valence-corrected chi connectivity index (χ0v) is 15.4. The zero-order chi connectivity index (χ0) is 19.6. The van der Waals surface area contributed by atoms with E-state index in [9.17, 15) is 14.4 Å². The molecule has 7 heteroatoms. The first kappa shape index (κ1) is 18.7. The van der Waals surface area contributed by atoms with E-state index in [4.69, 9.17) is 17.3 Å². The van der Waals surface area contributed by atoms with Crippen molar-refractivity contribution in [2.45, 2.75) is 19.4 Å². The summed E-state index contributed by atoms with van der Waals surface area (Å²) in [6.07, 6.45) is 1.69. The van der Waals surface area contributed by atoms with Gasteiger partial charge in [0, 0.05) is 27.7 Å². The molecule has 3 N–H and O–H groups in total. The second-order valence-corrected chi connectivity index (χ2v) is 6.66. The first-order valence-corrected chi connectivity index (χ1v) is 8.72. The van der Waals surface area contributed by atoms with Crippen LogP contribution in [0.1, 0.15) is 18.5 Å². The quantitative estimate of drug-likeness (QED) is 0.709. The fourth-order valence-electron chi connectivity index (χ4n) is 2.83. The Labute approximate surface area is 160 Å². The molecule has 0 bridgehead atoms. The highest BCUT2D eigenvalue weighted by atomic mass is 35.5. The van der Waals surface area contributed by atoms with E-state index in [0.29, 0.717) is 21.5 Å². The van der Waals surface area contributed by atoms with Crippen molar-refractivity contribution in [3.8, 4) is 0 Å². The number of hydrogen-bond acceptors (Lipinski definition) is 3. The number of hydrogen-bond donors (Lipinski definition) is 2. The standard InChI is InChI=1S/C20H18ClN3O3/c1-12(19(22)26)24-10-9-15-16(20(24)27)3-2-4-17(15)23-18(25)11-13-5-7-14(21)8-6-13/h2-10,12H,11H2,1H3,(H2,22,26)(H,23,25)/t12-/m1/s1. The lowest BCUT2D eigenvalue weighted by Gasteiger charge is -2.14. The molecule has 0 spiro atoms. The molecule has 27 heavy (non-hydrogen) atoms. The first-order valence-electron chi connectivity index (χ1n) is 8.34. The van der Waals surface area contributed by atoms with Crippen LogP contribution < -0.4 is 16.6 Å². The third-order valence-corrected chi connectivity index (χ3v) is 4.61. The van der Waals surface area contributed by atoms with Crippen molar-refractivity contribution in [2.75, 3.05) is 5.32 Å². The molecule has 2 amide bonds. The van der Waals surface area contributed by atoms with Gasteiger partial charge in [0.25, 0.3) is 5.56 Å². The van der Waals surface area contributed by atoms with Crippen LogP contribution in [0.2, 0.25) is 5.02 Å². The molecule has 1 atom stereocenters. The number of fused-ring (bicyclic) bond motifs is 1. The third kappa shape index (κ3) is 4.01. The van der Waals surface area contributed by atoms with Crippen LogP contribution in [-0.2, 0) is 16.0 Å². The van der Waals surface area contributed by atoms with Gasteiger partial charge in [-0.05, 0) is 42.8 Å². The van der Waals surface area contributed by atoms with Crippen LogP contribution in [0, 0.1) is 0 Å². The van der Waals surface area contributed by atoms with Crippen LogP contribution in [0.25, 0.3) is 10.8 Å². The molecular weight excluding hydrogens is 366 g/mol. The maximum Gasteiger partial charge on any atom is 0.259 e. The lowest BCUT2D eigenvalue weighted by atomic mass is 10.1. The molecule has 0 aliphatic rings. The van der Waals surface area contributed by atoms with Crippen molar-refractivity contribution < 1.29 is 9.59 Å². The largest absolute Gasteiger partial charge is 0.368 e. The summed E-state index contributed by atoms with van der Waals surface area (Å²) in [5.41, 5.74) is 6.31. The zero-order valence-electron chi connectivity index (χ0n) is 14.6. The molecule has 0 fully saturated rings. The Morgan fingerprint density at radius 2 is 1.81 bits per heavy atom. The van der Waals surface area contributed by atoms with E-state index in [0.717, 1.165) is 5.56 Å². The molecular formula is C20H18ClN3O3. The van der Waals surface area contributed by atoms with E-state index < -0.39 is 11.9 Å². The molecule has 1 aromatic heterocycles. The summed E-state index contributed by atoms with van der Waals surface area (Å²) in [5, 5.41) is 4.44. The highest BCUT2D eigenvalue weighted by Crippen LogP contribution is 2.22. The predicted octanol–water partition coefficient (Wildman–Crippen LogP) is 2.88. The molecule has 2 aromatic carbocycles. The summed E-state index contributed by atoms with van der Waals surface area (Å²) in [7, 11) is 0. The molecule has 6 nitrogen and oxygen atoms in total. The van der Waals surface area contributed by atoms with Crippen LogP contribution >= 0.6 is 11.6 Å². The van der Waals surface area contributed by atoms with Gasteiger partial charge in [-0.2, -0.15) is 0 Å². The van der Waals surface area contributed by atoms with E-state index in [1.165, 1.54) is 10.8 Å². The van der Waals surface area contributed by atoms with Gasteiger partial charge in [-0.1, -0.05) is 29.8 Å². The fourth-order valence-corrected chi connectivity index (χ4v) is 2.95. The van der Waals surface area contributed by atoms with E-state index >= 15 is 0 Å². The molecule has 3 aromatic rings. The summed E-state index contributed by atoms with van der Waals surface area (Å²) < 4.78 is 1.28. The van der Waals surface area contributed by atoms with E-state index in [1.807, 2.05) is 0 Å². The Morgan fingerprint density at radius 3 is 2.48 bits per heavy atom. The number of primary amides is 1. The lowest BCUT2D eigenvalue weighted by molar-refractivity contribution is -0.120. The van der Waals surface area contributed by atoms with Gasteiger partial charge in [-0.25, -0.2) is 0 Å². The number of carbonyl (C=O) groups excluding carboxylic acids is 2. The number of carbonyl (C=O) groups is 2. The average Bonchev–Trinajstić information content (AvgIpc) is 2.64. The summed E-state index contributed by atoms with van der Waals surface area (Å²) >= 11 is 5.85. The molecule has 0 saturated carbocycles. The van der Waals surface area contributed by atoms with Crippen LogP contribution in [0.5, 0.6) is 0 Å². The number of aromatic nitrogens is 1. The number of benzene rings is 2. The Bertz CT molecular complexity index is 1070. The first-order chi connectivity index (χ1) is 12.9. The van der Waals surface area contributed by atoms with Crippen LogP contribution in [0.4, 0.5) is 5.69 Å². The molecule has 3 rings (SSSR count). The van der Waals surface area contributed by atoms with Gasteiger partial charge in [0.05, 0.1) is 6.42 Å². The number of nitrogens with two attached hydrogens (primary N) is 1. The van der Waals surface area contributed by atoms with Crippen molar-refractivity contribution in [1.29, 1.82) is 0 Å². The van der Waals surface area contributed by atoms with E-state index in [-0.39, 0.29) is 17.9 Å². The van der Waals surface area contributed by atoms with Crippen molar-refractivity contribution in [1.82, 2.24) is 4.57 Å². The second kappa shape index (κ2) is 7.63. The SMILES string of the molecule is C[C@H](C(N)=O)n1ccc2c(NC(=O)Cc3ccc(Cl)cc3)cccc2c1=O. The molecule has 0 aliphatic heterocycles. The van der Waals surface area contributed by atoms with Crippen molar-refractivity contribution in [3.05, 3.63) is 75.7 Å². The monoisotopic (exact) mass is 383 g/mol. The van der Waals surface area contributed by atoms with Crippen molar-refractivity contribution in [3.63, 3.8) is 0 Å². The Kier molecular flexibility index (Phi) is 5.28. The summed E-state index contributed by atoms with van der Waals surface area (Å²) in [5.74, 6) is -0.802. The lowest BCUT2D eigenvalue weighted by Crippen LogP contribution is -2.31. The van der Waals surface area contributed by atoms with Gasteiger partial charge in [0.2, 0.25) is 11.8 Å². The maximum atomic E-state index is 12.7.